The average Bonchev–Trinajstić information content (AvgIpc) is 2.15. The monoisotopic (exact) mass is 211 g/mol. The minimum atomic E-state index is -4.47. The Hall–Kier alpha value is -0.290. The minimum Gasteiger partial charge on any atom is -0.383 e. The number of nitrogens with two attached hydrogens (primary N) is 1. The maximum absolute atomic E-state index is 12.1. The molecule has 0 bridgehead atoms. The van der Waals surface area contributed by atoms with Crippen molar-refractivity contribution in [2.24, 2.45) is 17.6 Å². The van der Waals surface area contributed by atoms with Gasteiger partial charge in [0, 0.05) is 0 Å². The van der Waals surface area contributed by atoms with Gasteiger partial charge in [0.15, 0.2) is 6.10 Å². The van der Waals surface area contributed by atoms with Crippen molar-refractivity contribution < 1.29 is 18.3 Å². The zero-order valence-corrected chi connectivity index (χ0v) is 7.93. The van der Waals surface area contributed by atoms with E-state index in [1.54, 1.807) is 0 Å². The van der Waals surface area contributed by atoms with E-state index in [0.29, 0.717) is 38.1 Å². The summed E-state index contributed by atoms with van der Waals surface area (Å²) in [7, 11) is 0. The van der Waals surface area contributed by atoms with Crippen LogP contribution in [0.25, 0.3) is 0 Å². The van der Waals surface area contributed by atoms with Crippen LogP contribution in [0.4, 0.5) is 13.2 Å². The lowest BCUT2D eigenvalue weighted by Crippen LogP contribution is -2.38. The van der Waals surface area contributed by atoms with Crippen molar-refractivity contribution in [2.45, 2.75) is 38.0 Å². The van der Waals surface area contributed by atoms with E-state index in [4.69, 9.17) is 10.8 Å². The van der Waals surface area contributed by atoms with E-state index in [1.165, 1.54) is 0 Å². The predicted octanol–water partition coefficient (Wildman–Crippen LogP) is 1.67. The van der Waals surface area contributed by atoms with Gasteiger partial charge in [0.25, 0.3) is 0 Å². The summed E-state index contributed by atoms with van der Waals surface area (Å²) in [6, 6.07) is 0. The van der Waals surface area contributed by atoms with Gasteiger partial charge in [0.1, 0.15) is 0 Å². The van der Waals surface area contributed by atoms with Crippen molar-refractivity contribution in [1.29, 1.82) is 0 Å². The molecule has 0 amide bonds. The summed E-state index contributed by atoms with van der Waals surface area (Å²) in [5, 5.41) is 9.01. The van der Waals surface area contributed by atoms with Gasteiger partial charge in [0.05, 0.1) is 0 Å². The highest BCUT2D eigenvalue weighted by Crippen LogP contribution is 2.36. The molecular weight excluding hydrogens is 195 g/mol. The first-order valence-electron chi connectivity index (χ1n) is 4.90. The molecule has 1 rings (SSSR count). The van der Waals surface area contributed by atoms with Crippen LogP contribution in [0.15, 0.2) is 0 Å². The number of hydrogen-bond donors (Lipinski definition) is 2. The summed E-state index contributed by atoms with van der Waals surface area (Å²) in [5.41, 5.74) is 5.43. The molecule has 1 fully saturated rings. The molecule has 1 atom stereocenters. The van der Waals surface area contributed by atoms with Gasteiger partial charge in [-0.25, -0.2) is 0 Å². The molecule has 5 heteroatoms. The van der Waals surface area contributed by atoms with Gasteiger partial charge in [0.2, 0.25) is 0 Å². The zero-order valence-electron chi connectivity index (χ0n) is 7.93. The molecule has 1 aliphatic carbocycles. The number of rotatable bonds is 2. The van der Waals surface area contributed by atoms with Crippen molar-refractivity contribution in [3.8, 4) is 0 Å². The van der Waals surface area contributed by atoms with Crippen LogP contribution in [0.2, 0.25) is 0 Å². The summed E-state index contributed by atoms with van der Waals surface area (Å²) in [6.07, 6.45) is -4.35. The van der Waals surface area contributed by atoms with Crippen molar-refractivity contribution >= 4 is 0 Å². The Bertz CT molecular complexity index is 175. The molecule has 0 aliphatic heterocycles. The van der Waals surface area contributed by atoms with Crippen LogP contribution in [-0.4, -0.2) is 23.9 Å². The SMILES string of the molecule is NCC1CCC(C(O)C(F)(F)F)CC1. The quantitative estimate of drug-likeness (QED) is 0.729. The first kappa shape index (κ1) is 11.8. The smallest absolute Gasteiger partial charge is 0.383 e. The lowest BCUT2D eigenvalue weighted by atomic mass is 9.79. The van der Waals surface area contributed by atoms with Crippen LogP contribution in [0.3, 0.4) is 0 Å². The normalized spacial score (nSPS) is 31.5. The molecule has 0 radical (unpaired) electrons. The maximum atomic E-state index is 12.1. The molecule has 3 N–H and O–H groups in total. The Kier molecular flexibility index (Phi) is 3.78. The highest BCUT2D eigenvalue weighted by Gasteiger charge is 2.44. The molecule has 1 saturated carbocycles. The Morgan fingerprint density at radius 2 is 1.71 bits per heavy atom. The first-order valence-corrected chi connectivity index (χ1v) is 4.90. The molecule has 2 nitrogen and oxygen atoms in total. The molecule has 0 aromatic carbocycles. The van der Waals surface area contributed by atoms with Gasteiger partial charge in [-0.1, -0.05) is 0 Å². The van der Waals surface area contributed by atoms with E-state index < -0.39 is 18.2 Å². The first-order chi connectivity index (χ1) is 6.45. The van der Waals surface area contributed by atoms with Crippen LogP contribution in [0.5, 0.6) is 0 Å². The lowest BCUT2D eigenvalue weighted by Gasteiger charge is -2.31. The molecule has 0 spiro atoms. The second-order valence-electron chi connectivity index (χ2n) is 4.00. The number of hydrogen-bond acceptors (Lipinski definition) is 2. The van der Waals surface area contributed by atoms with Crippen molar-refractivity contribution in [3.05, 3.63) is 0 Å². The van der Waals surface area contributed by atoms with Gasteiger partial charge >= 0.3 is 6.18 Å². The molecular formula is C9H16F3NO. The third kappa shape index (κ3) is 2.85. The molecule has 84 valence electrons. The minimum absolute atomic E-state index is 0.340. The molecule has 1 unspecified atom stereocenters. The molecule has 0 saturated heterocycles. The predicted molar refractivity (Wildman–Crippen MR) is 46.6 cm³/mol. The summed E-state index contributed by atoms with van der Waals surface area (Å²) in [4.78, 5) is 0. The van der Waals surface area contributed by atoms with Gasteiger partial charge < -0.3 is 10.8 Å². The molecule has 0 aromatic rings. The highest BCUT2D eigenvalue weighted by atomic mass is 19.4. The standard InChI is InChI=1S/C9H16F3NO/c10-9(11,12)8(14)7-3-1-6(5-13)2-4-7/h6-8,14H,1-5,13H2. The number of alkyl halides is 3. The number of aliphatic hydroxyl groups is 1. The second kappa shape index (κ2) is 4.49. The van der Waals surface area contributed by atoms with E-state index in [0.717, 1.165) is 0 Å². The van der Waals surface area contributed by atoms with Crippen LogP contribution < -0.4 is 5.73 Å². The van der Waals surface area contributed by atoms with E-state index in [2.05, 4.69) is 0 Å². The Balaban J connectivity index is 2.42. The van der Waals surface area contributed by atoms with E-state index in [-0.39, 0.29) is 0 Å². The maximum Gasteiger partial charge on any atom is 0.414 e. The van der Waals surface area contributed by atoms with Gasteiger partial charge in [-0.05, 0) is 44.1 Å². The molecule has 0 heterocycles. The average molecular weight is 211 g/mol. The van der Waals surface area contributed by atoms with E-state index >= 15 is 0 Å². The van der Waals surface area contributed by atoms with Gasteiger partial charge in [-0.2, -0.15) is 13.2 Å². The summed E-state index contributed by atoms with van der Waals surface area (Å²) < 4.78 is 36.4. The molecule has 0 aromatic heterocycles. The van der Waals surface area contributed by atoms with Crippen molar-refractivity contribution in [1.82, 2.24) is 0 Å². The van der Waals surface area contributed by atoms with Crippen LogP contribution in [-0.2, 0) is 0 Å². The van der Waals surface area contributed by atoms with Crippen LogP contribution in [0, 0.1) is 11.8 Å². The third-order valence-corrected chi connectivity index (χ3v) is 3.01. The fourth-order valence-electron chi connectivity index (χ4n) is 2.01. The second-order valence-corrected chi connectivity index (χ2v) is 4.00. The van der Waals surface area contributed by atoms with Gasteiger partial charge in [-0.3, -0.25) is 0 Å². The fraction of sp³-hybridized carbons (Fsp3) is 1.00. The lowest BCUT2D eigenvalue weighted by molar-refractivity contribution is -0.222. The van der Waals surface area contributed by atoms with E-state index in [1.807, 2.05) is 0 Å². The fourth-order valence-corrected chi connectivity index (χ4v) is 2.01. The Labute approximate surface area is 81.3 Å². The topological polar surface area (TPSA) is 46.2 Å². The zero-order chi connectivity index (χ0) is 10.8. The number of aliphatic hydroxyl groups excluding tert-OH is 1. The summed E-state index contributed by atoms with van der Waals surface area (Å²) in [6.45, 7) is 0.537. The Morgan fingerprint density at radius 3 is 2.07 bits per heavy atom. The van der Waals surface area contributed by atoms with Gasteiger partial charge in [-0.15, -0.1) is 0 Å². The number of halogens is 3. The summed E-state index contributed by atoms with van der Waals surface area (Å²) >= 11 is 0. The van der Waals surface area contributed by atoms with Crippen LogP contribution >= 0.6 is 0 Å². The third-order valence-electron chi connectivity index (χ3n) is 3.01. The van der Waals surface area contributed by atoms with E-state index in [9.17, 15) is 13.2 Å². The van der Waals surface area contributed by atoms with Crippen molar-refractivity contribution in [2.75, 3.05) is 6.54 Å². The molecule has 14 heavy (non-hydrogen) atoms. The van der Waals surface area contributed by atoms with Crippen LogP contribution in [0.1, 0.15) is 25.7 Å². The molecule has 1 aliphatic rings. The Morgan fingerprint density at radius 1 is 1.21 bits per heavy atom. The largest absolute Gasteiger partial charge is 0.414 e. The highest BCUT2D eigenvalue weighted by molar-refractivity contribution is 4.81. The summed E-state index contributed by atoms with van der Waals surface area (Å²) in [5.74, 6) is -0.288. The van der Waals surface area contributed by atoms with Crippen molar-refractivity contribution in [3.63, 3.8) is 0 Å².